The Kier molecular flexibility index (Phi) is 5.73. The predicted molar refractivity (Wildman–Crippen MR) is 80.9 cm³/mol. The average Bonchev–Trinajstić information content (AvgIpc) is 2.48. The van der Waals surface area contributed by atoms with Gasteiger partial charge in [-0.25, -0.2) is 0 Å². The number of β-amino-alcohol motifs (C(OH)–C–C–N with tert-alkyl or cyclic N) is 1. The molecular formula is C16H24N2O3. The number of carboxylic acid groups (broad SMARTS) is 1. The summed E-state index contributed by atoms with van der Waals surface area (Å²) >= 11 is 0. The second-order valence-electron chi connectivity index (χ2n) is 5.86. The second-order valence-corrected chi connectivity index (χ2v) is 5.86. The Labute approximate surface area is 125 Å². The smallest absolute Gasteiger partial charge is 0.307 e. The molecule has 1 fully saturated rings. The maximum Gasteiger partial charge on any atom is 0.307 e. The molecule has 0 aliphatic carbocycles. The van der Waals surface area contributed by atoms with Gasteiger partial charge in [0.25, 0.3) is 0 Å². The van der Waals surface area contributed by atoms with Crippen molar-refractivity contribution in [1.29, 1.82) is 0 Å². The third-order valence-corrected chi connectivity index (χ3v) is 4.11. The molecule has 0 radical (unpaired) electrons. The Morgan fingerprint density at radius 3 is 2.76 bits per heavy atom. The van der Waals surface area contributed by atoms with Gasteiger partial charge >= 0.3 is 5.97 Å². The van der Waals surface area contributed by atoms with Crippen LogP contribution in [0.15, 0.2) is 30.3 Å². The number of hydrogen-bond acceptors (Lipinski definition) is 4. The van der Waals surface area contributed by atoms with Crippen molar-refractivity contribution < 1.29 is 15.0 Å². The zero-order valence-electron chi connectivity index (χ0n) is 12.2. The van der Waals surface area contributed by atoms with Gasteiger partial charge in [0.2, 0.25) is 0 Å². The maximum absolute atomic E-state index is 11.0. The molecule has 1 aromatic rings. The quantitative estimate of drug-likeness (QED) is 0.719. The summed E-state index contributed by atoms with van der Waals surface area (Å²) in [7, 11) is 0. The van der Waals surface area contributed by atoms with E-state index in [-0.39, 0.29) is 12.0 Å². The highest BCUT2D eigenvalue weighted by Gasteiger charge is 2.27. The van der Waals surface area contributed by atoms with Gasteiger partial charge in [0.05, 0.1) is 12.0 Å². The van der Waals surface area contributed by atoms with E-state index in [9.17, 15) is 9.90 Å². The molecule has 1 aromatic carbocycles. The van der Waals surface area contributed by atoms with Crippen molar-refractivity contribution in [1.82, 2.24) is 4.90 Å². The normalized spacial score (nSPS) is 22.7. The van der Waals surface area contributed by atoms with Crippen LogP contribution in [0.25, 0.3) is 0 Å². The van der Waals surface area contributed by atoms with Gasteiger partial charge in [-0.1, -0.05) is 30.3 Å². The third-order valence-electron chi connectivity index (χ3n) is 4.11. The van der Waals surface area contributed by atoms with Gasteiger partial charge in [-0.15, -0.1) is 0 Å². The number of aliphatic carboxylic acids is 1. The molecule has 2 rings (SSSR count). The molecule has 3 atom stereocenters. The Bertz CT molecular complexity index is 452. The van der Waals surface area contributed by atoms with Crippen LogP contribution in [-0.2, 0) is 11.2 Å². The van der Waals surface area contributed by atoms with Gasteiger partial charge in [-0.05, 0) is 31.4 Å². The molecule has 21 heavy (non-hydrogen) atoms. The number of piperidine rings is 1. The summed E-state index contributed by atoms with van der Waals surface area (Å²) in [6.07, 6.45) is 1.56. The molecule has 116 valence electrons. The van der Waals surface area contributed by atoms with Gasteiger partial charge in [0, 0.05) is 19.1 Å². The van der Waals surface area contributed by atoms with E-state index in [1.165, 1.54) is 0 Å². The lowest BCUT2D eigenvalue weighted by atomic mass is 9.96. The van der Waals surface area contributed by atoms with E-state index in [1.807, 2.05) is 35.2 Å². The number of benzene rings is 1. The maximum atomic E-state index is 11.0. The molecule has 5 nitrogen and oxygen atoms in total. The first kappa shape index (κ1) is 15.9. The van der Waals surface area contributed by atoms with E-state index in [0.717, 1.165) is 24.9 Å². The number of likely N-dealkylation sites (tertiary alicyclic amines) is 1. The van der Waals surface area contributed by atoms with Crippen LogP contribution in [0.1, 0.15) is 18.4 Å². The third kappa shape index (κ3) is 4.81. The van der Waals surface area contributed by atoms with Crippen molar-refractivity contribution >= 4 is 5.97 Å². The summed E-state index contributed by atoms with van der Waals surface area (Å²) in [5.74, 6) is -1.07. The van der Waals surface area contributed by atoms with Crippen LogP contribution in [0.3, 0.4) is 0 Å². The fraction of sp³-hybridized carbons (Fsp3) is 0.562. The minimum absolute atomic E-state index is 0.323. The first-order chi connectivity index (χ1) is 10.1. The Balaban J connectivity index is 1.83. The van der Waals surface area contributed by atoms with Crippen LogP contribution in [-0.4, -0.2) is 52.9 Å². The molecule has 0 bridgehead atoms. The van der Waals surface area contributed by atoms with E-state index >= 15 is 0 Å². The molecule has 3 unspecified atom stereocenters. The summed E-state index contributed by atoms with van der Waals surface area (Å²) < 4.78 is 0. The molecular weight excluding hydrogens is 268 g/mol. The summed E-state index contributed by atoms with van der Waals surface area (Å²) in [5.41, 5.74) is 7.17. The van der Waals surface area contributed by atoms with Crippen molar-refractivity contribution in [2.45, 2.75) is 31.4 Å². The van der Waals surface area contributed by atoms with E-state index in [2.05, 4.69) is 0 Å². The summed E-state index contributed by atoms with van der Waals surface area (Å²) in [6.45, 7) is 1.78. The van der Waals surface area contributed by atoms with Crippen molar-refractivity contribution in [3.05, 3.63) is 35.9 Å². The van der Waals surface area contributed by atoms with Crippen molar-refractivity contribution in [2.75, 3.05) is 19.6 Å². The summed E-state index contributed by atoms with van der Waals surface area (Å²) in [4.78, 5) is 13.1. The zero-order valence-corrected chi connectivity index (χ0v) is 12.2. The molecule has 1 aliphatic rings. The lowest BCUT2D eigenvalue weighted by Crippen LogP contribution is -2.48. The van der Waals surface area contributed by atoms with Crippen LogP contribution in [0, 0.1) is 5.92 Å². The number of rotatable bonds is 6. The molecule has 1 aliphatic heterocycles. The predicted octanol–water partition coefficient (Wildman–Crippen LogP) is 0.714. The lowest BCUT2D eigenvalue weighted by Gasteiger charge is -2.33. The first-order valence-electron chi connectivity index (χ1n) is 7.49. The van der Waals surface area contributed by atoms with Gasteiger partial charge in [0.1, 0.15) is 0 Å². The largest absolute Gasteiger partial charge is 0.481 e. The van der Waals surface area contributed by atoms with Crippen LogP contribution in [0.5, 0.6) is 0 Å². The van der Waals surface area contributed by atoms with E-state index in [0.29, 0.717) is 19.5 Å². The summed E-state index contributed by atoms with van der Waals surface area (Å²) in [5, 5.41) is 19.3. The van der Waals surface area contributed by atoms with Crippen LogP contribution in [0.2, 0.25) is 0 Å². The highest BCUT2D eigenvalue weighted by atomic mass is 16.4. The van der Waals surface area contributed by atoms with Crippen LogP contribution >= 0.6 is 0 Å². The number of carboxylic acids is 1. The van der Waals surface area contributed by atoms with Gasteiger partial charge in [-0.3, -0.25) is 9.69 Å². The van der Waals surface area contributed by atoms with Crippen molar-refractivity contribution in [3.63, 3.8) is 0 Å². The molecule has 4 N–H and O–H groups in total. The molecule has 0 spiro atoms. The Morgan fingerprint density at radius 2 is 2.10 bits per heavy atom. The minimum atomic E-state index is -0.747. The van der Waals surface area contributed by atoms with E-state index in [1.54, 1.807) is 0 Å². The monoisotopic (exact) mass is 292 g/mol. The highest BCUT2D eigenvalue weighted by molar-refractivity contribution is 5.70. The highest BCUT2D eigenvalue weighted by Crippen LogP contribution is 2.17. The number of hydrogen-bond donors (Lipinski definition) is 3. The fourth-order valence-electron chi connectivity index (χ4n) is 2.85. The Morgan fingerprint density at radius 1 is 1.38 bits per heavy atom. The average molecular weight is 292 g/mol. The molecule has 0 amide bonds. The van der Waals surface area contributed by atoms with Crippen molar-refractivity contribution in [3.8, 4) is 0 Å². The van der Waals surface area contributed by atoms with Gasteiger partial charge < -0.3 is 15.9 Å². The second kappa shape index (κ2) is 7.54. The molecule has 5 heteroatoms. The van der Waals surface area contributed by atoms with E-state index < -0.39 is 12.1 Å². The zero-order chi connectivity index (χ0) is 15.2. The molecule has 1 heterocycles. The number of aliphatic hydroxyl groups is 1. The van der Waals surface area contributed by atoms with Crippen LogP contribution in [0.4, 0.5) is 0 Å². The molecule has 0 aromatic heterocycles. The van der Waals surface area contributed by atoms with Crippen molar-refractivity contribution in [2.24, 2.45) is 11.7 Å². The SMILES string of the molecule is NC(Cc1ccccc1)C(O)CN1CCCC(C(=O)O)C1. The topological polar surface area (TPSA) is 86.8 Å². The van der Waals surface area contributed by atoms with E-state index in [4.69, 9.17) is 10.8 Å². The number of carbonyl (C=O) groups is 1. The molecule has 1 saturated heterocycles. The van der Waals surface area contributed by atoms with Crippen LogP contribution < -0.4 is 5.73 Å². The lowest BCUT2D eigenvalue weighted by molar-refractivity contribution is -0.143. The molecule has 0 saturated carbocycles. The minimum Gasteiger partial charge on any atom is -0.481 e. The Hall–Kier alpha value is -1.43. The first-order valence-corrected chi connectivity index (χ1v) is 7.49. The van der Waals surface area contributed by atoms with Gasteiger partial charge in [0.15, 0.2) is 0 Å². The summed E-state index contributed by atoms with van der Waals surface area (Å²) in [6, 6.07) is 9.51. The standard InChI is InChI=1S/C16H24N2O3/c17-14(9-12-5-2-1-3-6-12)15(19)11-18-8-4-7-13(10-18)16(20)21/h1-3,5-6,13-15,19H,4,7-11,17H2,(H,20,21). The number of nitrogens with zero attached hydrogens (tertiary/aromatic N) is 1. The number of aliphatic hydroxyl groups excluding tert-OH is 1. The number of nitrogens with two attached hydrogens (primary N) is 1. The van der Waals surface area contributed by atoms with Gasteiger partial charge in [-0.2, -0.15) is 0 Å². The fourth-order valence-corrected chi connectivity index (χ4v) is 2.85.